The van der Waals surface area contributed by atoms with Gasteiger partial charge in [-0.1, -0.05) is 25.7 Å². The summed E-state index contributed by atoms with van der Waals surface area (Å²) in [5, 5.41) is 11.7. The number of nitrogens with zero attached hydrogens (tertiary/aromatic N) is 5. The van der Waals surface area contributed by atoms with Gasteiger partial charge in [0, 0.05) is 38.6 Å². The summed E-state index contributed by atoms with van der Waals surface area (Å²) >= 11 is 0. The van der Waals surface area contributed by atoms with Crippen LogP contribution in [0.15, 0.2) is 40.7 Å². The Morgan fingerprint density at radius 1 is 1.06 bits per heavy atom. The van der Waals surface area contributed by atoms with Crippen LogP contribution in [0.2, 0.25) is 0 Å². The normalized spacial score (nSPS) is 13.3. The molecule has 10 heteroatoms. The van der Waals surface area contributed by atoms with E-state index in [2.05, 4.69) is 20.3 Å². The summed E-state index contributed by atoms with van der Waals surface area (Å²) in [6, 6.07) is 3.84. The van der Waals surface area contributed by atoms with Crippen LogP contribution in [-0.2, 0) is 13.1 Å². The van der Waals surface area contributed by atoms with E-state index in [0.29, 0.717) is 25.3 Å². The van der Waals surface area contributed by atoms with Crippen molar-refractivity contribution in [1.82, 2.24) is 19.4 Å². The van der Waals surface area contributed by atoms with E-state index in [1.807, 2.05) is 33.7 Å². The second kappa shape index (κ2) is 13.3. The van der Waals surface area contributed by atoms with Gasteiger partial charge in [-0.3, -0.25) is 15.4 Å². The van der Waals surface area contributed by atoms with Crippen molar-refractivity contribution in [2.75, 3.05) is 26.2 Å². The minimum absolute atomic E-state index is 0.172. The van der Waals surface area contributed by atoms with Gasteiger partial charge in [0.05, 0.1) is 12.7 Å². The van der Waals surface area contributed by atoms with Crippen molar-refractivity contribution < 1.29 is 4.74 Å². The number of hydrogen-bond acceptors (Lipinski definition) is 6. The minimum Gasteiger partial charge on any atom is -0.490 e. The summed E-state index contributed by atoms with van der Waals surface area (Å²) in [5.41, 5.74) is 12.0. The van der Waals surface area contributed by atoms with E-state index in [4.69, 9.17) is 21.6 Å². The fourth-order valence-electron chi connectivity index (χ4n) is 3.71. The number of ether oxygens (including phenoxy) is 1. The first kappa shape index (κ1) is 24.3. The first-order valence-corrected chi connectivity index (χ1v) is 11.9. The first-order chi connectivity index (χ1) is 16.1. The molecule has 3 rings (SSSR count). The molecule has 0 amide bonds. The Kier molecular flexibility index (Phi) is 9.81. The molecule has 0 unspecified atom stereocenters. The van der Waals surface area contributed by atoms with Crippen LogP contribution in [0.1, 0.15) is 50.6 Å². The molecule has 1 aliphatic rings. The standard InChI is InChI=1S/C23H37N9O/c24-22(25)29-10-5-3-1-2-4-6-13-31-14-15-32(23(31)26)16-17-33-19-8-9-20(30-18-19)21-27-11-7-12-28-21/h8-9,14-15,18,26H,1-7,10-13,16-17H2,(H,27,28)(H4,24,25,29). The van der Waals surface area contributed by atoms with Gasteiger partial charge in [-0.05, 0) is 31.4 Å². The number of aromatic nitrogens is 3. The molecule has 0 fully saturated rings. The lowest BCUT2D eigenvalue weighted by Gasteiger charge is -2.14. The van der Waals surface area contributed by atoms with Crippen molar-refractivity contribution in [1.29, 1.82) is 5.41 Å². The number of pyridine rings is 1. The maximum atomic E-state index is 8.38. The van der Waals surface area contributed by atoms with Crippen LogP contribution in [0.5, 0.6) is 5.75 Å². The van der Waals surface area contributed by atoms with E-state index in [1.165, 1.54) is 12.8 Å². The van der Waals surface area contributed by atoms with Gasteiger partial charge in [0.1, 0.15) is 23.9 Å². The molecule has 180 valence electrons. The van der Waals surface area contributed by atoms with Crippen LogP contribution in [0, 0.1) is 5.41 Å². The van der Waals surface area contributed by atoms with E-state index in [-0.39, 0.29) is 5.96 Å². The van der Waals surface area contributed by atoms with Crippen LogP contribution < -0.4 is 27.1 Å². The number of aryl methyl sites for hydroxylation is 1. The molecule has 2 aromatic heterocycles. The number of nitrogens with one attached hydrogen (secondary N) is 2. The molecule has 0 bridgehead atoms. The SMILES string of the molecule is N=c1n(CCCCCCCCN=C(N)N)ccn1CCOc1ccc(C2=NCCCN2)nc1. The molecule has 0 radical (unpaired) electrons. The van der Waals surface area contributed by atoms with Crippen LogP contribution in [0.3, 0.4) is 0 Å². The Morgan fingerprint density at radius 2 is 1.82 bits per heavy atom. The third kappa shape index (κ3) is 8.28. The predicted molar refractivity (Wildman–Crippen MR) is 130 cm³/mol. The third-order valence-electron chi connectivity index (χ3n) is 5.55. The van der Waals surface area contributed by atoms with Crippen molar-refractivity contribution in [3.05, 3.63) is 42.0 Å². The largest absolute Gasteiger partial charge is 0.490 e. The minimum atomic E-state index is 0.172. The molecule has 3 heterocycles. The topological polar surface area (TPSA) is 145 Å². The quantitative estimate of drug-likeness (QED) is 0.194. The summed E-state index contributed by atoms with van der Waals surface area (Å²) in [5.74, 6) is 1.75. The molecule has 0 atom stereocenters. The van der Waals surface area contributed by atoms with Crippen molar-refractivity contribution in [2.24, 2.45) is 21.5 Å². The fraction of sp³-hybridized carbons (Fsp3) is 0.565. The number of aliphatic imine (C=N–C) groups is 2. The molecular weight excluding hydrogens is 418 g/mol. The van der Waals surface area contributed by atoms with E-state index < -0.39 is 0 Å². The van der Waals surface area contributed by atoms with E-state index in [9.17, 15) is 0 Å². The lowest BCUT2D eigenvalue weighted by molar-refractivity contribution is 0.293. The van der Waals surface area contributed by atoms with E-state index in [1.54, 1.807) is 6.20 Å². The highest BCUT2D eigenvalue weighted by Crippen LogP contribution is 2.10. The Bertz CT molecular complexity index is 955. The average molecular weight is 456 g/mol. The zero-order valence-electron chi connectivity index (χ0n) is 19.4. The summed E-state index contributed by atoms with van der Waals surface area (Å²) in [6.45, 7) is 4.47. The molecule has 6 N–H and O–H groups in total. The molecule has 1 aliphatic heterocycles. The molecule has 0 aromatic carbocycles. The van der Waals surface area contributed by atoms with Gasteiger partial charge in [0.15, 0.2) is 5.96 Å². The maximum Gasteiger partial charge on any atom is 0.202 e. The highest BCUT2D eigenvalue weighted by Gasteiger charge is 2.08. The zero-order valence-corrected chi connectivity index (χ0v) is 19.4. The molecule has 0 saturated carbocycles. The summed E-state index contributed by atoms with van der Waals surface area (Å²) < 4.78 is 9.73. The monoisotopic (exact) mass is 455 g/mol. The van der Waals surface area contributed by atoms with Crippen LogP contribution in [0.25, 0.3) is 0 Å². The van der Waals surface area contributed by atoms with Crippen LogP contribution in [-0.4, -0.2) is 52.2 Å². The summed E-state index contributed by atoms with van der Waals surface area (Å²) in [7, 11) is 0. The third-order valence-corrected chi connectivity index (χ3v) is 5.55. The van der Waals surface area contributed by atoms with Gasteiger partial charge >= 0.3 is 0 Å². The van der Waals surface area contributed by atoms with E-state index >= 15 is 0 Å². The second-order valence-electron chi connectivity index (χ2n) is 8.17. The number of rotatable bonds is 14. The van der Waals surface area contributed by atoms with E-state index in [0.717, 1.165) is 69.0 Å². The number of amidine groups is 1. The van der Waals surface area contributed by atoms with Gasteiger partial charge < -0.3 is 30.7 Å². The predicted octanol–water partition coefficient (Wildman–Crippen LogP) is 1.60. The molecule has 2 aromatic rings. The Morgan fingerprint density at radius 3 is 2.52 bits per heavy atom. The lowest BCUT2D eigenvalue weighted by Crippen LogP contribution is -2.30. The van der Waals surface area contributed by atoms with Crippen molar-refractivity contribution in [2.45, 2.75) is 58.0 Å². The zero-order chi connectivity index (χ0) is 23.3. The van der Waals surface area contributed by atoms with Gasteiger partial charge in [0.25, 0.3) is 0 Å². The van der Waals surface area contributed by atoms with Crippen molar-refractivity contribution in [3.63, 3.8) is 0 Å². The smallest absolute Gasteiger partial charge is 0.202 e. The molecular formula is C23H37N9O. The van der Waals surface area contributed by atoms with Crippen molar-refractivity contribution in [3.8, 4) is 5.75 Å². The number of nitrogens with two attached hydrogens (primary N) is 2. The summed E-state index contributed by atoms with van der Waals surface area (Å²) in [6.07, 6.45) is 13.5. The van der Waals surface area contributed by atoms with Crippen LogP contribution in [0.4, 0.5) is 0 Å². The molecule has 0 saturated heterocycles. The highest BCUT2D eigenvalue weighted by atomic mass is 16.5. The van der Waals surface area contributed by atoms with Crippen molar-refractivity contribution >= 4 is 11.8 Å². The molecule has 0 aliphatic carbocycles. The Balaban J connectivity index is 1.31. The van der Waals surface area contributed by atoms with Gasteiger partial charge in [-0.2, -0.15) is 0 Å². The number of unbranched alkanes of at least 4 members (excludes halogenated alkanes) is 5. The lowest BCUT2D eigenvalue weighted by atomic mass is 10.1. The average Bonchev–Trinajstić information content (AvgIpc) is 3.18. The van der Waals surface area contributed by atoms with Gasteiger partial charge in [0.2, 0.25) is 5.62 Å². The highest BCUT2D eigenvalue weighted by molar-refractivity contribution is 5.97. The molecule has 33 heavy (non-hydrogen) atoms. The Hall–Kier alpha value is -3.30. The number of guanidine groups is 1. The summed E-state index contributed by atoms with van der Waals surface area (Å²) in [4.78, 5) is 12.9. The molecule has 0 spiro atoms. The fourth-order valence-corrected chi connectivity index (χ4v) is 3.71. The van der Waals surface area contributed by atoms with Gasteiger partial charge in [-0.25, -0.2) is 4.98 Å². The molecule has 10 nitrogen and oxygen atoms in total. The first-order valence-electron chi connectivity index (χ1n) is 11.9. The second-order valence-corrected chi connectivity index (χ2v) is 8.17. The van der Waals surface area contributed by atoms with Gasteiger partial charge in [-0.15, -0.1) is 0 Å². The maximum absolute atomic E-state index is 8.38. The number of hydrogen-bond donors (Lipinski definition) is 4. The van der Waals surface area contributed by atoms with Crippen LogP contribution >= 0.6 is 0 Å². The Labute approximate surface area is 195 Å². The number of imidazole rings is 1.